The van der Waals surface area contributed by atoms with Gasteiger partial charge in [-0.1, -0.05) is 296 Å². The van der Waals surface area contributed by atoms with Crippen LogP contribution in [0.2, 0.25) is 0 Å². The highest BCUT2D eigenvalue weighted by molar-refractivity contribution is 6.48. The molecule has 4 amide bonds. The minimum Gasteiger partial charge on any atom is -0.457 e. The molecule has 700 valence electrons. The van der Waals surface area contributed by atoms with Gasteiger partial charge in [-0.3, -0.25) is 19.2 Å². The van der Waals surface area contributed by atoms with Crippen molar-refractivity contribution in [1.29, 1.82) is 0 Å². The van der Waals surface area contributed by atoms with E-state index in [0.29, 0.717) is 90.4 Å². The molecule has 2 aliphatic heterocycles. The van der Waals surface area contributed by atoms with Crippen LogP contribution in [0, 0.1) is 13.8 Å². The Labute approximate surface area is 829 Å². The largest absolute Gasteiger partial charge is 0.457 e. The summed E-state index contributed by atoms with van der Waals surface area (Å²) >= 11 is 0. The second kappa shape index (κ2) is 31.6. The molecule has 10 nitrogen and oxygen atoms in total. The Hall–Kier alpha value is -15.3. The van der Waals surface area contributed by atoms with E-state index in [9.17, 15) is 0 Å². The van der Waals surface area contributed by atoms with E-state index in [1.807, 2.05) is 109 Å². The highest BCUT2D eigenvalue weighted by atomic mass is 16.5. The maximum Gasteiger partial charge on any atom is 0.266 e. The third-order valence-corrected chi connectivity index (χ3v) is 31.0. The number of nitrogens with zero attached hydrogens (tertiary/aromatic N) is 2. The normalized spacial score (nSPS) is 13.8. The zero-order chi connectivity index (χ0) is 98.9. The van der Waals surface area contributed by atoms with E-state index in [1.165, 1.54) is 9.80 Å². The van der Waals surface area contributed by atoms with E-state index >= 15 is 19.2 Å². The quantitative estimate of drug-likeness (QED) is 0.0407. The summed E-state index contributed by atoms with van der Waals surface area (Å²) in [6.07, 6.45) is 4.56. The van der Waals surface area contributed by atoms with Gasteiger partial charge in [0.15, 0.2) is 0 Å². The van der Waals surface area contributed by atoms with Crippen LogP contribution in [0.1, 0.15) is 270 Å². The molecule has 0 saturated carbocycles. The Morgan fingerprint density at radius 1 is 0.232 bits per heavy atom. The molecule has 24 rings (SSSR count). The fourth-order valence-electron chi connectivity index (χ4n) is 23.6. The number of carbonyl (C=O) groups excluding carboxylic acids is 4. The van der Waals surface area contributed by atoms with Crippen molar-refractivity contribution in [1.82, 2.24) is 0 Å². The number of carbonyl (C=O) groups is 4. The Morgan fingerprint density at radius 3 is 0.683 bits per heavy atom. The van der Waals surface area contributed by atoms with Gasteiger partial charge in [-0.25, -0.2) is 9.80 Å². The van der Waals surface area contributed by atoms with Gasteiger partial charge in [0.25, 0.3) is 23.6 Å². The van der Waals surface area contributed by atoms with Crippen LogP contribution < -0.4 is 28.7 Å². The smallest absolute Gasteiger partial charge is 0.266 e. The number of anilines is 2. The average molecular weight is 1860 g/mol. The molecule has 0 spiro atoms. The molecule has 2 aliphatic carbocycles. The molecule has 0 atom stereocenters. The summed E-state index contributed by atoms with van der Waals surface area (Å²) < 4.78 is 29.5. The first-order valence-corrected chi connectivity index (χ1v) is 50.3. The van der Waals surface area contributed by atoms with Gasteiger partial charge in [-0.15, -0.1) is 0 Å². The minimum absolute atomic E-state index is 0.00828. The van der Waals surface area contributed by atoms with E-state index in [2.05, 4.69) is 310 Å². The topological polar surface area (TPSA) is 112 Å². The van der Waals surface area contributed by atoms with Crippen molar-refractivity contribution in [2.45, 2.75) is 198 Å². The monoisotopic (exact) mass is 1850 g/mol. The maximum atomic E-state index is 16.2. The van der Waals surface area contributed by atoms with E-state index in [4.69, 9.17) is 18.9 Å². The standard InChI is InChI=1S/C132H114N2O8/c1-67(2)87-25-23-26-88(68(3)4)123(87)133-125(135)103-63-107(139-83-39-31-79(32-40-83)129(11,12)13)117-95-51-47-91-99-59-75-55-71(9)73(57-77(75)61-101(99)93-49-53-97(113(95)111(91)93)119-109(65-105(127(133)137)115(103)121(117)119)141-85-43-35-81(36-44-85)131(17,18)19)29-30-74-58-78-62-102-94-50-54-98-114-96(52-48-92(112(94)114)100(102)60-76(78)56-72(74)10)118-108(140-84-41-33-80(34-42-84)130(14,15)16)64-104-116-106(66-110(120(98)122(116)118)142-86-45-37-82(38-46-86)132(20,21)22)128(138)134(126(104)136)124-89(69(5)6)27-24-28-90(124)70(7)8/h23-70H,1-22H3/b30-29-. The molecular formula is C132H114N2O8. The van der Waals surface area contributed by atoms with Crippen molar-refractivity contribution in [2.75, 3.05) is 9.80 Å². The second-order valence-corrected chi connectivity index (χ2v) is 45.7. The third kappa shape index (κ3) is 13.7. The number of hydrogen-bond donors (Lipinski definition) is 0. The molecule has 10 heteroatoms. The van der Waals surface area contributed by atoms with Gasteiger partial charge in [-0.2, -0.15) is 0 Å². The summed E-state index contributed by atoms with van der Waals surface area (Å²) in [6.45, 7) is 47.8. The van der Waals surface area contributed by atoms with Crippen molar-refractivity contribution < 1.29 is 38.1 Å². The molecule has 0 saturated heterocycles. The summed E-state index contributed by atoms with van der Waals surface area (Å²) in [4.78, 5) is 67.8. The Morgan fingerprint density at radius 2 is 0.458 bits per heavy atom. The molecular weight excluding hydrogens is 1740 g/mol. The van der Waals surface area contributed by atoms with Crippen LogP contribution in [0.3, 0.4) is 0 Å². The number of ether oxygens (including phenoxy) is 4. The van der Waals surface area contributed by atoms with Crippen LogP contribution in [0.25, 0.3) is 164 Å². The third-order valence-electron chi connectivity index (χ3n) is 31.0. The molecule has 2 heterocycles. The fraction of sp³-hybridized carbons (Fsp3) is 0.227. The van der Waals surface area contributed by atoms with Crippen molar-refractivity contribution in [2.24, 2.45) is 0 Å². The van der Waals surface area contributed by atoms with E-state index in [-0.39, 0.29) is 45.3 Å². The summed E-state index contributed by atoms with van der Waals surface area (Å²) in [5, 5.41) is 18.3. The van der Waals surface area contributed by atoms with Gasteiger partial charge >= 0.3 is 0 Å². The molecule has 20 aromatic carbocycles. The summed E-state index contributed by atoms with van der Waals surface area (Å²) in [6, 6.07) is 90.0. The number of hydrogen-bond acceptors (Lipinski definition) is 8. The molecule has 20 aromatic rings. The molecule has 0 radical (unpaired) electrons. The molecule has 0 unspecified atom stereocenters. The first kappa shape index (κ1) is 89.4. The number of aryl methyl sites for hydroxylation is 2. The Balaban J connectivity index is 0.638. The van der Waals surface area contributed by atoms with Crippen LogP contribution in [0.15, 0.2) is 255 Å². The lowest BCUT2D eigenvalue weighted by molar-refractivity contribution is 0.0877. The lowest BCUT2D eigenvalue weighted by Gasteiger charge is -2.33. The van der Waals surface area contributed by atoms with Crippen molar-refractivity contribution >= 4 is 155 Å². The first-order chi connectivity index (χ1) is 67.7. The van der Waals surface area contributed by atoms with Crippen LogP contribution in [-0.2, 0) is 21.7 Å². The zero-order valence-corrected chi connectivity index (χ0v) is 84.9. The average Bonchev–Trinajstić information content (AvgIpc) is 1.13. The number of para-hydroxylation sites is 2. The highest BCUT2D eigenvalue weighted by Crippen LogP contribution is 2.62. The van der Waals surface area contributed by atoms with Crippen LogP contribution in [0.5, 0.6) is 46.0 Å². The van der Waals surface area contributed by atoms with Crippen LogP contribution in [-0.4, -0.2) is 23.6 Å². The zero-order valence-electron chi connectivity index (χ0n) is 84.9. The number of amides is 4. The molecule has 0 fully saturated rings. The maximum absolute atomic E-state index is 16.2. The predicted molar refractivity (Wildman–Crippen MR) is 590 cm³/mol. The predicted octanol–water partition coefficient (Wildman–Crippen LogP) is 36.6. The number of benzene rings is 20. The molecule has 0 bridgehead atoms. The Bertz CT molecular complexity index is 8160. The minimum atomic E-state index is -0.403. The first-order valence-electron chi connectivity index (χ1n) is 50.3. The molecule has 0 aromatic heterocycles. The molecule has 142 heavy (non-hydrogen) atoms. The molecule has 0 N–H and O–H groups in total. The lowest BCUT2D eigenvalue weighted by Crippen LogP contribution is -2.42. The summed E-state index contributed by atoms with van der Waals surface area (Å²) in [7, 11) is 0. The second-order valence-electron chi connectivity index (χ2n) is 45.7. The van der Waals surface area contributed by atoms with E-state index < -0.39 is 23.6 Å². The van der Waals surface area contributed by atoms with Gasteiger partial charge in [-0.05, 0) is 344 Å². The van der Waals surface area contributed by atoms with E-state index in [1.54, 1.807) is 0 Å². The number of fused-ring (bicyclic) bond motifs is 12. The summed E-state index contributed by atoms with van der Waals surface area (Å²) in [5.74, 6) is 2.83. The fourth-order valence-corrected chi connectivity index (χ4v) is 23.6. The van der Waals surface area contributed by atoms with Crippen LogP contribution >= 0.6 is 0 Å². The SMILES string of the molecule is Cc1cc2cc3c(cc2cc1/C=C\c1cc2cc4c(cc2cc1C)-c1ccc2c5c(Oc6ccc(C(C)(C)C)cc6)cc6c7c(cc(Oc8ccc(C(C)(C)C)cc8)c(c8ccc-4c1c28)c75)C(=O)N(c1c(C(C)C)cccc1C(C)C)C6=O)-c1ccc2c4c(Oc5ccc(C(C)(C)C)cc5)cc5c6c(cc(Oc7ccc(C(C)(C)C)cc7)c(c7ccc-3c1c72)c64)C(=O)N(c1c(C(C)C)cccc1C(C)C)C5=O. The van der Waals surface area contributed by atoms with E-state index in [0.717, 1.165) is 208 Å². The molecule has 4 aliphatic rings. The summed E-state index contributed by atoms with van der Waals surface area (Å²) in [5.41, 5.74) is 24.2. The number of rotatable bonds is 16. The van der Waals surface area contributed by atoms with Gasteiger partial charge < -0.3 is 18.9 Å². The van der Waals surface area contributed by atoms with Gasteiger partial charge in [0.1, 0.15) is 46.0 Å². The van der Waals surface area contributed by atoms with Crippen molar-refractivity contribution in [3.63, 3.8) is 0 Å². The lowest BCUT2D eigenvalue weighted by atomic mass is 9.82. The van der Waals surface area contributed by atoms with Crippen molar-refractivity contribution in [3.05, 3.63) is 344 Å². The van der Waals surface area contributed by atoms with Crippen LogP contribution in [0.4, 0.5) is 11.4 Å². The van der Waals surface area contributed by atoms with Gasteiger partial charge in [0, 0.05) is 43.1 Å². The van der Waals surface area contributed by atoms with Gasteiger partial charge in [0.2, 0.25) is 0 Å². The van der Waals surface area contributed by atoms with Gasteiger partial charge in [0.05, 0.1) is 33.6 Å². The van der Waals surface area contributed by atoms with Crippen molar-refractivity contribution in [3.8, 4) is 90.5 Å². The number of imide groups is 2. The highest BCUT2D eigenvalue weighted by Gasteiger charge is 2.45. The Kier molecular flexibility index (Phi) is 19.9.